The average molecular weight is 258 g/mol. The van der Waals surface area contributed by atoms with E-state index in [1.54, 1.807) is 24.4 Å². The molecule has 98 valence electrons. The molecule has 1 aromatic heterocycles. The molecule has 0 aliphatic rings. The van der Waals surface area contributed by atoms with Gasteiger partial charge < -0.3 is 5.32 Å². The zero-order valence-electron chi connectivity index (χ0n) is 10.8. The van der Waals surface area contributed by atoms with Crippen LogP contribution in [0.4, 0.5) is 11.5 Å². The maximum absolute atomic E-state index is 10.9. The molecular weight excluding hydrogens is 244 g/mol. The summed E-state index contributed by atoms with van der Waals surface area (Å²) < 4.78 is 0. The van der Waals surface area contributed by atoms with Gasteiger partial charge in [0, 0.05) is 18.2 Å². The molecule has 0 atom stereocenters. The molecule has 0 amide bonds. The molecule has 0 aliphatic carbocycles. The summed E-state index contributed by atoms with van der Waals surface area (Å²) in [6.07, 6.45) is 1.62. The SMILES string of the molecule is Cc1ncc(NCc2ccccc2[N+](=O)[O-])nc1C. The Labute approximate surface area is 110 Å². The Hall–Kier alpha value is -2.50. The lowest BCUT2D eigenvalue weighted by Crippen LogP contribution is -2.05. The fraction of sp³-hybridized carbons (Fsp3) is 0.231. The second kappa shape index (κ2) is 5.43. The minimum atomic E-state index is -0.386. The van der Waals surface area contributed by atoms with E-state index in [1.165, 1.54) is 6.07 Å². The number of hydrogen-bond acceptors (Lipinski definition) is 5. The lowest BCUT2D eigenvalue weighted by Gasteiger charge is -2.07. The second-order valence-corrected chi connectivity index (χ2v) is 4.17. The first-order chi connectivity index (χ1) is 9.08. The molecule has 0 spiro atoms. The van der Waals surface area contributed by atoms with Gasteiger partial charge in [-0.2, -0.15) is 0 Å². The number of benzene rings is 1. The molecule has 0 saturated carbocycles. The van der Waals surface area contributed by atoms with Gasteiger partial charge in [0.05, 0.1) is 22.5 Å². The summed E-state index contributed by atoms with van der Waals surface area (Å²) in [7, 11) is 0. The van der Waals surface area contributed by atoms with Crippen LogP contribution in [0, 0.1) is 24.0 Å². The number of para-hydroxylation sites is 1. The summed E-state index contributed by atoms with van der Waals surface area (Å²) in [6.45, 7) is 4.10. The molecule has 1 N–H and O–H groups in total. The lowest BCUT2D eigenvalue weighted by atomic mass is 10.2. The molecule has 0 bridgehead atoms. The van der Waals surface area contributed by atoms with Crippen molar-refractivity contribution in [2.24, 2.45) is 0 Å². The van der Waals surface area contributed by atoms with Crippen molar-refractivity contribution < 1.29 is 4.92 Å². The summed E-state index contributed by atoms with van der Waals surface area (Å²) in [6, 6.07) is 6.64. The topological polar surface area (TPSA) is 81.0 Å². The Bertz CT molecular complexity index is 613. The number of nitrogens with zero attached hydrogens (tertiary/aromatic N) is 3. The number of nitro benzene ring substituents is 1. The molecule has 0 aliphatic heterocycles. The van der Waals surface area contributed by atoms with E-state index < -0.39 is 0 Å². The number of nitro groups is 1. The summed E-state index contributed by atoms with van der Waals surface area (Å²) in [5.74, 6) is 0.612. The molecule has 6 nitrogen and oxygen atoms in total. The highest BCUT2D eigenvalue weighted by Gasteiger charge is 2.11. The molecule has 1 aromatic carbocycles. The first-order valence-corrected chi connectivity index (χ1v) is 5.84. The molecule has 1 heterocycles. The summed E-state index contributed by atoms with van der Waals surface area (Å²) >= 11 is 0. The van der Waals surface area contributed by atoms with Crippen LogP contribution in [0.1, 0.15) is 17.0 Å². The maximum atomic E-state index is 10.9. The largest absolute Gasteiger partial charge is 0.364 e. The highest BCUT2D eigenvalue weighted by molar-refractivity contribution is 5.43. The van der Waals surface area contributed by atoms with Crippen LogP contribution < -0.4 is 5.32 Å². The molecule has 0 radical (unpaired) electrons. The van der Waals surface area contributed by atoms with Crippen LogP contribution in [-0.4, -0.2) is 14.9 Å². The van der Waals surface area contributed by atoms with E-state index in [4.69, 9.17) is 0 Å². The fourth-order valence-corrected chi connectivity index (χ4v) is 1.65. The third-order valence-corrected chi connectivity index (χ3v) is 2.84. The van der Waals surface area contributed by atoms with E-state index in [1.807, 2.05) is 13.8 Å². The minimum Gasteiger partial charge on any atom is -0.364 e. The van der Waals surface area contributed by atoms with Gasteiger partial charge in [-0.3, -0.25) is 15.1 Å². The molecular formula is C13H14N4O2. The number of aryl methyl sites for hydroxylation is 2. The van der Waals surface area contributed by atoms with E-state index in [-0.39, 0.29) is 10.6 Å². The molecule has 6 heteroatoms. The zero-order valence-corrected chi connectivity index (χ0v) is 10.8. The predicted octanol–water partition coefficient (Wildman–Crippen LogP) is 2.61. The first-order valence-electron chi connectivity index (χ1n) is 5.84. The summed E-state index contributed by atoms with van der Waals surface area (Å²) in [4.78, 5) is 19.0. The van der Waals surface area contributed by atoms with Crippen LogP contribution >= 0.6 is 0 Å². The van der Waals surface area contributed by atoms with Crippen LogP contribution in [0.15, 0.2) is 30.5 Å². The van der Waals surface area contributed by atoms with Crippen molar-refractivity contribution in [3.05, 3.63) is 57.5 Å². The smallest absolute Gasteiger partial charge is 0.274 e. The van der Waals surface area contributed by atoms with Crippen molar-refractivity contribution in [2.45, 2.75) is 20.4 Å². The Balaban J connectivity index is 2.14. The van der Waals surface area contributed by atoms with E-state index in [2.05, 4.69) is 15.3 Å². The molecule has 0 saturated heterocycles. The Kier molecular flexibility index (Phi) is 3.70. The zero-order chi connectivity index (χ0) is 13.8. The summed E-state index contributed by atoms with van der Waals surface area (Å²) in [5.41, 5.74) is 2.43. The Morgan fingerprint density at radius 2 is 2.00 bits per heavy atom. The van der Waals surface area contributed by atoms with E-state index in [9.17, 15) is 10.1 Å². The number of hydrogen-bond donors (Lipinski definition) is 1. The van der Waals surface area contributed by atoms with Gasteiger partial charge in [0.2, 0.25) is 0 Å². The van der Waals surface area contributed by atoms with Gasteiger partial charge in [0.25, 0.3) is 5.69 Å². The third-order valence-electron chi connectivity index (χ3n) is 2.84. The van der Waals surface area contributed by atoms with E-state index >= 15 is 0 Å². The molecule has 0 unspecified atom stereocenters. The van der Waals surface area contributed by atoms with Crippen molar-refractivity contribution in [1.82, 2.24) is 9.97 Å². The van der Waals surface area contributed by atoms with Crippen molar-refractivity contribution in [3.8, 4) is 0 Å². The first kappa shape index (κ1) is 12.9. The van der Waals surface area contributed by atoms with E-state index in [0.29, 0.717) is 17.9 Å². The van der Waals surface area contributed by atoms with Crippen molar-refractivity contribution in [2.75, 3.05) is 5.32 Å². The van der Waals surface area contributed by atoms with Crippen molar-refractivity contribution >= 4 is 11.5 Å². The Morgan fingerprint density at radius 1 is 1.26 bits per heavy atom. The van der Waals surface area contributed by atoms with Crippen LogP contribution in [0.2, 0.25) is 0 Å². The number of nitrogens with one attached hydrogen (secondary N) is 1. The van der Waals surface area contributed by atoms with Crippen LogP contribution in [-0.2, 0) is 6.54 Å². The Morgan fingerprint density at radius 3 is 2.68 bits per heavy atom. The third kappa shape index (κ3) is 3.04. The molecule has 2 aromatic rings. The second-order valence-electron chi connectivity index (χ2n) is 4.17. The monoisotopic (exact) mass is 258 g/mol. The van der Waals surface area contributed by atoms with Gasteiger partial charge in [-0.15, -0.1) is 0 Å². The highest BCUT2D eigenvalue weighted by atomic mass is 16.6. The summed E-state index contributed by atoms with van der Waals surface area (Å²) in [5, 5.41) is 13.9. The van der Waals surface area contributed by atoms with Gasteiger partial charge in [0.1, 0.15) is 5.82 Å². The quantitative estimate of drug-likeness (QED) is 0.673. The fourth-order valence-electron chi connectivity index (χ4n) is 1.65. The van der Waals surface area contributed by atoms with Gasteiger partial charge >= 0.3 is 0 Å². The van der Waals surface area contributed by atoms with Crippen molar-refractivity contribution in [1.29, 1.82) is 0 Å². The maximum Gasteiger partial charge on any atom is 0.274 e. The molecule has 0 fully saturated rings. The number of aromatic nitrogens is 2. The van der Waals surface area contributed by atoms with Crippen LogP contribution in [0.25, 0.3) is 0 Å². The minimum absolute atomic E-state index is 0.104. The molecule has 2 rings (SSSR count). The van der Waals surface area contributed by atoms with Gasteiger partial charge in [-0.25, -0.2) is 4.98 Å². The number of anilines is 1. The van der Waals surface area contributed by atoms with Gasteiger partial charge in [-0.05, 0) is 13.8 Å². The average Bonchev–Trinajstić information content (AvgIpc) is 2.40. The standard InChI is InChI=1S/C13H14N4O2/c1-9-10(2)16-13(8-14-9)15-7-11-5-3-4-6-12(11)17(18)19/h3-6,8H,7H2,1-2H3,(H,15,16). The van der Waals surface area contributed by atoms with Crippen molar-refractivity contribution in [3.63, 3.8) is 0 Å². The van der Waals surface area contributed by atoms with Crippen LogP contribution in [0.3, 0.4) is 0 Å². The highest BCUT2D eigenvalue weighted by Crippen LogP contribution is 2.18. The predicted molar refractivity (Wildman–Crippen MR) is 71.9 cm³/mol. The molecule has 19 heavy (non-hydrogen) atoms. The lowest BCUT2D eigenvalue weighted by molar-refractivity contribution is -0.385. The van der Waals surface area contributed by atoms with E-state index in [0.717, 1.165) is 11.4 Å². The van der Waals surface area contributed by atoms with Gasteiger partial charge in [-0.1, -0.05) is 18.2 Å². The number of rotatable bonds is 4. The van der Waals surface area contributed by atoms with Gasteiger partial charge in [0.15, 0.2) is 0 Å². The normalized spacial score (nSPS) is 10.2. The van der Waals surface area contributed by atoms with Crippen LogP contribution in [0.5, 0.6) is 0 Å².